The van der Waals surface area contributed by atoms with Gasteiger partial charge in [0.05, 0.1) is 6.26 Å². The van der Waals surface area contributed by atoms with Crippen LogP contribution < -0.4 is 10.0 Å². The number of sulfonamides is 1. The van der Waals surface area contributed by atoms with Crippen LogP contribution in [0.4, 0.5) is 5.82 Å². The van der Waals surface area contributed by atoms with Crippen LogP contribution in [-0.2, 0) is 16.6 Å². The topological polar surface area (TPSA) is 76.3 Å². The highest BCUT2D eigenvalue weighted by atomic mass is 35.5. The summed E-state index contributed by atoms with van der Waals surface area (Å²) >= 11 is 0. The Labute approximate surface area is 102 Å². The maximum atomic E-state index is 11.3. The molecule has 0 aliphatic heterocycles. The van der Waals surface area contributed by atoms with Gasteiger partial charge in [-0.15, -0.1) is 12.4 Å². The van der Waals surface area contributed by atoms with Crippen LogP contribution in [-0.4, -0.2) is 26.7 Å². The molecule has 0 saturated heterocycles. The van der Waals surface area contributed by atoms with Gasteiger partial charge in [-0.05, 0) is 18.6 Å². The van der Waals surface area contributed by atoms with Crippen molar-refractivity contribution in [2.75, 3.05) is 17.6 Å². The molecular formula is C9H16ClN3O2S. The molecule has 5 nitrogen and oxygen atoms in total. The smallest absolute Gasteiger partial charge is 0.233 e. The van der Waals surface area contributed by atoms with Crippen molar-refractivity contribution in [1.29, 1.82) is 0 Å². The Morgan fingerprint density at radius 3 is 2.50 bits per heavy atom. The third-order valence-corrected chi connectivity index (χ3v) is 3.26. The molecule has 2 N–H and O–H groups in total. The predicted octanol–water partition coefficient (Wildman–Crippen LogP) is 0.666. The second-order valence-corrected chi connectivity index (χ2v) is 5.44. The fourth-order valence-corrected chi connectivity index (χ4v) is 1.69. The number of pyridine rings is 1. The van der Waals surface area contributed by atoms with Crippen LogP contribution in [0.1, 0.15) is 11.1 Å². The maximum Gasteiger partial charge on any atom is 0.233 e. The quantitative estimate of drug-likeness (QED) is 0.871. The van der Waals surface area contributed by atoms with Gasteiger partial charge < -0.3 is 5.73 Å². The largest absolute Gasteiger partial charge is 0.326 e. The molecule has 0 aliphatic carbocycles. The van der Waals surface area contributed by atoms with Crippen molar-refractivity contribution in [3.8, 4) is 0 Å². The first kappa shape index (κ1) is 15.2. The SMILES string of the molecule is Cc1cnc(N(C)S(C)(=O)=O)c(CN)c1.Cl. The third kappa shape index (κ3) is 3.33. The van der Waals surface area contributed by atoms with Gasteiger partial charge in [0.25, 0.3) is 0 Å². The summed E-state index contributed by atoms with van der Waals surface area (Å²) in [5.74, 6) is 0.394. The molecule has 0 aliphatic rings. The van der Waals surface area contributed by atoms with Gasteiger partial charge in [-0.2, -0.15) is 0 Å². The van der Waals surface area contributed by atoms with E-state index in [0.29, 0.717) is 5.82 Å². The molecule has 0 saturated carbocycles. The van der Waals surface area contributed by atoms with E-state index < -0.39 is 10.0 Å². The Morgan fingerprint density at radius 2 is 2.06 bits per heavy atom. The lowest BCUT2D eigenvalue weighted by molar-refractivity contribution is 0.599. The highest BCUT2D eigenvalue weighted by molar-refractivity contribution is 7.92. The summed E-state index contributed by atoms with van der Waals surface area (Å²) in [5.41, 5.74) is 7.22. The van der Waals surface area contributed by atoms with Gasteiger partial charge in [-0.1, -0.05) is 0 Å². The molecule has 1 rings (SSSR count). The number of rotatable bonds is 3. The van der Waals surface area contributed by atoms with Gasteiger partial charge in [0.2, 0.25) is 10.0 Å². The van der Waals surface area contributed by atoms with Crippen molar-refractivity contribution < 1.29 is 8.42 Å². The number of hydrogen-bond acceptors (Lipinski definition) is 4. The first-order valence-corrected chi connectivity index (χ1v) is 6.30. The van der Waals surface area contributed by atoms with Crippen LogP contribution in [0.2, 0.25) is 0 Å². The zero-order chi connectivity index (χ0) is 11.6. The minimum atomic E-state index is -3.29. The summed E-state index contributed by atoms with van der Waals surface area (Å²) in [4.78, 5) is 4.08. The highest BCUT2D eigenvalue weighted by Gasteiger charge is 2.16. The number of hydrogen-bond donors (Lipinski definition) is 1. The van der Waals surface area contributed by atoms with Gasteiger partial charge >= 0.3 is 0 Å². The van der Waals surface area contributed by atoms with Gasteiger partial charge in [-0.25, -0.2) is 13.4 Å². The fourth-order valence-electron chi connectivity index (χ4n) is 1.21. The molecule has 0 fully saturated rings. The Kier molecular flexibility index (Phi) is 5.18. The molecule has 1 heterocycles. The third-order valence-electron chi connectivity index (χ3n) is 2.10. The molecule has 16 heavy (non-hydrogen) atoms. The van der Waals surface area contributed by atoms with Crippen molar-refractivity contribution in [2.45, 2.75) is 13.5 Å². The molecule has 92 valence electrons. The molecular weight excluding hydrogens is 250 g/mol. The fraction of sp³-hybridized carbons (Fsp3) is 0.444. The standard InChI is InChI=1S/C9H15N3O2S.ClH/c1-7-4-8(5-10)9(11-6-7)12(2)15(3,13)14;/h4,6H,5,10H2,1-3H3;1H. The second kappa shape index (κ2) is 5.47. The summed E-state index contributed by atoms with van der Waals surface area (Å²) in [6.45, 7) is 2.15. The lowest BCUT2D eigenvalue weighted by atomic mass is 10.2. The van der Waals surface area contributed by atoms with Crippen LogP contribution in [0.3, 0.4) is 0 Å². The van der Waals surface area contributed by atoms with Crippen molar-refractivity contribution in [3.63, 3.8) is 0 Å². The number of aryl methyl sites for hydroxylation is 1. The zero-order valence-corrected chi connectivity index (χ0v) is 11.1. The highest BCUT2D eigenvalue weighted by Crippen LogP contribution is 2.18. The van der Waals surface area contributed by atoms with Gasteiger partial charge in [0, 0.05) is 25.4 Å². The minimum absolute atomic E-state index is 0. The molecule has 0 atom stereocenters. The summed E-state index contributed by atoms with van der Waals surface area (Å²) in [7, 11) is -1.82. The molecule has 0 spiro atoms. The number of nitrogens with zero attached hydrogens (tertiary/aromatic N) is 2. The van der Waals surface area contributed by atoms with Gasteiger partial charge in [0.15, 0.2) is 0 Å². The zero-order valence-electron chi connectivity index (χ0n) is 9.47. The number of halogens is 1. The van der Waals surface area contributed by atoms with E-state index in [1.807, 2.05) is 13.0 Å². The Morgan fingerprint density at radius 1 is 1.50 bits per heavy atom. The van der Waals surface area contributed by atoms with Crippen molar-refractivity contribution in [2.24, 2.45) is 5.73 Å². The maximum absolute atomic E-state index is 11.3. The second-order valence-electron chi connectivity index (χ2n) is 3.43. The average Bonchev–Trinajstić information content (AvgIpc) is 2.15. The van der Waals surface area contributed by atoms with Gasteiger partial charge in [-0.3, -0.25) is 4.31 Å². The van der Waals surface area contributed by atoms with E-state index in [2.05, 4.69) is 4.98 Å². The van der Waals surface area contributed by atoms with Crippen LogP contribution in [0.5, 0.6) is 0 Å². The van der Waals surface area contributed by atoms with E-state index in [-0.39, 0.29) is 19.0 Å². The summed E-state index contributed by atoms with van der Waals surface area (Å²) in [6, 6.07) is 1.84. The van der Waals surface area contributed by atoms with E-state index in [4.69, 9.17) is 5.73 Å². The molecule has 1 aromatic heterocycles. The molecule has 0 unspecified atom stereocenters. The summed E-state index contributed by atoms with van der Waals surface area (Å²) in [5, 5.41) is 0. The molecule has 0 aromatic carbocycles. The first-order valence-electron chi connectivity index (χ1n) is 4.45. The number of aromatic nitrogens is 1. The Balaban J connectivity index is 0.00000225. The predicted molar refractivity (Wildman–Crippen MR) is 67.4 cm³/mol. The first-order chi connectivity index (χ1) is 6.86. The van der Waals surface area contributed by atoms with E-state index in [9.17, 15) is 8.42 Å². The molecule has 0 radical (unpaired) electrons. The average molecular weight is 266 g/mol. The van der Waals surface area contributed by atoms with E-state index in [1.54, 1.807) is 6.20 Å². The lowest BCUT2D eigenvalue weighted by Crippen LogP contribution is -2.27. The van der Waals surface area contributed by atoms with Gasteiger partial charge in [0.1, 0.15) is 5.82 Å². The van der Waals surface area contributed by atoms with E-state index in [1.165, 1.54) is 7.05 Å². The Bertz CT molecular complexity index is 462. The lowest BCUT2D eigenvalue weighted by Gasteiger charge is -2.18. The van der Waals surface area contributed by atoms with Crippen molar-refractivity contribution in [3.05, 3.63) is 23.4 Å². The van der Waals surface area contributed by atoms with E-state index in [0.717, 1.165) is 21.7 Å². The van der Waals surface area contributed by atoms with Crippen molar-refractivity contribution >= 4 is 28.2 Å². The monoisotopic (exact) mass is 265 g/mol. The molecule has 1 aromatic rings. The van der Waals surface area contributed by atoms with Crippen LogP contribution in [0, 0.1) is 6.92 Å². The Hall–Kier alpha value is -0.850. The van der Waals surface area contributed by atoms with Crippen LogP contribution in [0.25, 0.3) is 0 Å². The minimum Gasteiger partial charge on any atom is -0.326 e. The molecule has 0 amide bonds. The molecule has 0 bridgehead atoms. The number of anilines is 1. The molecule has 7 heteroatoms. The van der Waals surface area contributed by atoms with Crippen molar-refractivity contribution in [1.82, 2.24) is 4.98 Å². The van der Waals surface area contributed by atoms with Crippen LogP contribution in [0.15, 0.2) is 12.3 Å². The number of nitrogens with two attached hydrogens (primary N) is 1. The van der Waals surface area contributed by atoms with E-state index >= 15 is 0 Å². The van der Waals surface area contributed by atoms with Crippen LogP contribution >= 0.6 is 12.4 Å². The summed E-state index contributed by atoms with van der Waals surface area (Å²) < 4.78 is 23.8. The summed E-state index contributed by atoms with van der Waals surface area (Å²) in [6.07, 6.45) is 2.75. The normalized spacial score (nSPS) is 10.8.